The third kappa shape index (κ3) is 4.62. The summed E-state index contributed by atoms with van der Waals surface area (Å²) in [6.45, 7) is 2.73. The molecule has 1 N–H and O–H groups in total. The van der Waals surface area contributed by atoms with E-state index in [9.17, 15) is 4.79 Å². The number of nitrogens with one attached hydrogen (secondary N) is 1. The molecule has 4 heterocycles. The van der Waals surface area contributed by atoms with E-state index in [1.54, 1.807) is 11.3 Å². The number of halogens is 2. The first-order chi connectivity index (χ1) is 15.6. The average molecular weight is 501 g/mol. The molecule has 2 fully saturated rings. The molecular weight excluding hydrogens is 475 g/mol. The van der Waals surface area contributed by atoms with Crippen LogP contribution in [-0.2, 0) is 6.42 Å². The third-order valence-corrected chi connectivity index (χ3v) is 8.05. The number of anilines is 2. The van der Waals surface area contributed by atoms with Gasteiger partial charge >= 0.3 is 0 Å². The normalized spacial score (nSPS) is 20.0. The lowest BCUT2D eigenvalue weighted by atomic mass is 10.1. The first-order valence-corrected chi connectivity index (χ1v) is 12.5. The van der Waals surface area contributed by atoms with Crippen LogP contribution in [0.5, 0.6) is 0 Å². The molecule has 1 saturated carbocycles. The van der Waals surface area contributed by atoms with Gasteiger partial charge < -0.3 is 15.1 Å². The quantitative estimate of drug-likeness (QED) is 0.508. The number of hydrogen-bond donors (Lipinski definition) is 1. The van der Waals surface area contributed by atoms with E-state index in [0.29, 0.717) is 12.6 Å². The van der Waals surface area contributed by atoms with Gasteiger partial charge in [-0.25, -0.2) is 4.98 Å². The van der Waals surface area contributed by atoms with Gasteiger partial charge in [-0.2, -0.15) is 0 Å². The number of nitrogens with zero attached hydrogens (tertiary/aromatic N) is 3. The SMILES string of the molecule is Cl.O=C1c2sc(-c3ccc(Cl)cc3)cc2CCN1c1ccc(N2CC[C@@H](NC3CC3)C2)nc1. The van der Waals surface area contributed by atoms with Crippen molar-refractivity contribution in [2.75, 3.05) is 29.4 Å². The Hall–Kier alpha value is -2.12. The Bertz CT molecular complexity index is 1140. The Balaban J connectivity index is 0.00000228. The molecule has 2 aromatic heterocycles. The van der Waals surface area contributed by atoms with Gasteiger partial charge in [-0.05, 0) is 67.1 Å². The van der Waals surface area contributed by atoms with Gasteiger partial charge in [0.2, 0.25) is 0 Å². The molecule has 0 spiro atoms. The standard InChI is InChI=1S/C25H25ClN4OS.ClH/c26-18-3-1-16(2-4-18)22-13-17-9-12-30(25(31)24(17)32-22)21-7-8-23(27-14-21)29-11-10-20(15-29)28-19-5-6-19;/h1-4,7-8,13-14,19-20,28H,5-6,9-12,15H2;1H/t20-;/m1./s1. The predicted molar refractivity (Wildman–Crippen MR) is 138 cm³/mol. The molecule has 0 bridgehead atoms. The smallest absolute Gasteiger partial charge is 0.268 e. The highest BCUT2D eigenvalue weighted by Crippen LogP contribution is 2.36. The summed E-state index contributed by atoms with van der Waals surface area (Å²) in [6.07, 6.45) is 6.52. The molecule has 8 heteroatoms. The van der Waals surface area contributed by atoms with E-state index in [1.165, 1.54) is 19.3 Å². The zero-order chi connectivity index (χ0) is 21.7. The fourth-order valence-corrected chi connectivity index (χ4v) is 5.96. The number of benzene rings is 1. The van der Waals surface area contributed by atoms with Gasteiger partial charge in [0, 0.05) is 41.6 Å². The zero-order valence-corrected chi connectivity index (χ0v) is 20.6. The molecule has 172 valence electrons. The Morgan fingerprint density at radius 1 is 1.03 bits per heavy atom. The molecule has 2 aliphatic heterocycles. The van der Waals surface area contributed by atoms with E-state index in [2.05, 4.69) is 22.3 Å². The number of pyridine rings is 1. The second kappa shape index (κ2) is 9.26. The number of carbonyl (C=O) groups is 1. The van der Waals surface area contributed by atoms with Crippen LogP contribution in [-0.4, -0.2) is 42.6 Å². The summed E-state index contributed by atoms with van der Waals surface area (Å²) in [4.78, 5) is 24.1. The van der Waals surface area contributed by atoms with Gasteiger partial charge in [-0.3, -0.25) is 4.79 Å². The van der Waals surface area contributed by atoms with Crippen LogP contribution in [0.25, 0.3) is 10.4 Å². The highest BCUT2D eigenvalue weighted by molar-refractivity contribution is 7.17. The van der Waals surface area contributed by atoms with Gasteiger partial charge in [-0.1, -0.05) is 23.7 Å². The topological polar surface area (TPSA) is 48.5 Å². The number of rotatable bonds is 5. The zero-order valence-electron chi connectivity index (χ0n) is 18.2. The monoisotopic (exact) mass is 500 g/mol. The lowest BCUT2D eigenvalue weighted by Crippen LogP contribution is -2.36. The summed E-state index contributed by atoms with van der Waals surface area (Å²) in [5, 5.41) is 4.44. The van der Waals surface area contributed by atoms with E-state index >= 15 is 0 Å². The number of amides is 1. The first-order valence-electron chi connectivity index (χ1n) is 11.3. The maximum atomic E-state index is 13.3. The molecule has 1 saturated heterocycles. The molecule has 6 rings (SSSR count). The van der Waals surface area contributed by atoms with Crippen molar-refractivity contribution in [1.82, 2.24) is 10.3 Å². The van der Waals surface area contributed by atoms with Crippen molar-refractivity contribution >= 4 is 52.8 Å². The molecule has 0 unspecified atom stereocenters. The molecule has 0 radical (unpaired) electrons. The van der Waals surface area contributed by atoms with Crippen molar-refractivity contribution in [3.05, 3.63) is 64.1 Å². The van der Waals surface area contributed by atoms with Crippen LogP contribution in [0, 0.1) is 0 Å². The minimum Gasteiger partial charge on any atom is -0.355 e. The highest BCUT2D eigenvalue weighted by atomic mass is 35.5. The minimum atomic E-state index is 0. The Labute approximate surface area is 209 Å². The molecule has 1 amide bonds. The Morgan fingerprint density at radius 2 is 1.85 bits per heavy atom. The Kier molecular flexibility index (Phi) is 6.36. The second-order valence-corrected chi connectivity index (χ2v) is 10.4. The summed E-state index contributed by atoms with van der Waals surface area (Å²) in [5.74, 6) is 1.07. The maximum absolute atomic E-state index is 13.3. The Morgan fingerprint density at radius 3 is 2.58 bits per heavy atom. The van der Waals surface area contributed by atoms with E-state index in [-0.39, 0.29) is 18.3 Å². The van der Waals surface area contributed by atoms with Crippen LogP contribution >= 0.6 is 35.3 Å². The molecule has 1 aromatic carbocycles. The lowest BCUT2D eigenvalue weighted by molar-refractivity contribution is 0.0985. The van der Waals surface area contributed by atoms with Crippen molar-refractivity contribution in [3.63, 3.8) is 0 Å². The average Bonchev–Trinajstić information content (AvgIpc) is 3.31. The molecule has 1 aliphatic carbocycles. The van der Waals surface area contributed by atoms with Crippen LogP contribution in [0.4, 0.5) is 11.5 Å². The van der Waals surface area contributed by atoms with Crippen molar-refractivity contribution < 1.29 is 4.79 Å². The largest absolute Gasteiger partial charge is 0.355 e. The van der Waals surface area contributed by atoms with Gasteiger partial charge in [0.25, 0.3) is 5.91 Å². The van der Waals surface area contributed by atoms with Crippen LogP contribution in [0.15, 0.2) is 48.7 Å². The number of hydrogen-bond acceptors (Lipinski definition) is 5. The molecule has 1 atom stereocenters. The number of fused-ring (bicyclic) bond motifs is 1. The maximum Gasteiger partial charge on any atom is 0.268 e. The second-order valence-electron chi connectivity index (χ2n) is 8.93. The fourth-order valence-electron chi connectivity index (χ4n) is 4.67. The van der Waals surface area contributed by atoms with Crippen molar-refractivity contribution in [3.8, 4) is 10.4 Å². The molecule has 33 heavy (non-hydrogen) atoms. The molecule has 3 aliphatic rings. The van der Waals surface area contributed by atoms with E-state index in [1.807, 2.05) is 41.4 Å². The van der Waals surface area contributed by atoms with Crippen molar-refractivity contribution in [1.29, 1.82) is 0 Å². The first kappa shape index (κ1) is 22.7. The summed E-state index contributed by atoms with van der Waals surface area (Å²) in [7, 11) is 0. The van der Waals surface area contributed by atoms with Crippen molar-refractivity contribution in [2.24, 2.45) is 0 Å². The number of aromatic nitrogens is 1. The third-order valence-electron chi connectivity index (χ3n) is 6.59. The van der Waals surface area contributed by atoms with E-state index < -0.39 is 0 Å². The molecule has 5 nitrogen and oxygen atoms in total. The lowest BCUT2D eigenvalue weighted by Gasteiger charge is -2.27. The van der Waals surface area contributed by atoms with Gasteiger partial charge in [0.1, 0.15) is 5.82 Å². The van der Waals surface area contributed by atoms with Gasteiger partial charge in [0.15, 0.2) is 0 Å². The molecular formula is C25H26Cl2N4OS. The minimum absolute atomic E-state index is 0. The summed E-state index contributed by atoms with van der Waals surface area (Å²) >= 11 is 7.59. The summed E-state index contributed by atoms with van der Waals surface area (Å²) in [6, 6.07) is 15.4. The van der Waals surface area contributed by atoms with Crippen LogP contribution in [0.2, 0.25) is 5.02 Å². The van der Waals surface area contributed by atoms with Crippen LogP contribution in [0.3, 0.4) is 0 Å². The van der Waals surface area contributed by atoms with Gasteiger partial charge in [0.05, 0.1) is 16.8 Å². The fraction of sp³-hybridized carbons (Fsp3) is 0.360. The van der Waals surface area contributed by atoms with Crippen LogP contribution in [0.1, 0.15) is 34.5 Å². The number of thiophene rings is 1. The van der Waals surface area contributed by atoms with E-state index in [0.717, 1.165) is 63.0 Å². The van der Waals surface area contributed by atoms with E-state index in [4.69, 9.17) is 16.6 Å². The summed E-state index contributed by atoms with van der Waals surface area (Å²) in [5.41, 5.74) is 3.11. The van der Waals surface area contributed by atoms with Gasteiger partial charge in [-0.15, -0.1) is 23.7 Å². The summed E-state index contributed by atoms with van der Waals surface area (Å²) < 4.78 is 0. The predicted octanol–water partition coefficient (Wildman–Crippen LogP) is 5.42. The number of carbonyl (C=O) groups excluding carboxylic acids is 1. The highest BCUT2D eigenvalue weighted by Gasteiger charge is 2.31. The van der Waals surface area contributed by atoms with Crippen LogP contribution < -0.4 is 15.1 Å². The van der Waals surface area contributed by atoms with Crippen molar-refractivity contribution in [2.45, 2.75) is 37.8 Å². The molecule has 3 aromatic rings.